The quantitative estimate of drug-likeness (QED) is 0.590. The summed E-state index contributed by atoms with van der Waals surface area (Å²) in [6, 6.07) is 2.34. The van der Waals surface area contributed by atoms with Crippen molar-refractivity contribution < 1.29 is 18.9 Å². The van der Waals surface area contributed by atoms with Gasteiger partial charge in [0, 0.05) is 13.1 Å². The number of rotatable bonds is 10. The molecule has 0 radical (unpaired) electrons. The molecule has 0 atom stereocenters. The third kappa shape index (κ3) is 6.17. The van der Waals surface area contributed by atoms with E-state index >= 15 is 0 Å². The van der Waals surface area contributed by atoms with Crippen molar-refractivity contribution in [2.24, 2.45) is 10.8 Å². The van der Waals surface area contributed by atoms with Gasteiger partial charge in [0.2, 0.25) is 0 Å². The normalized spacial score (nSPS) is 21.8. The Kier molecular flexibility index (Phi) is 6.74. The summed E-state index contributed by atoms with van der Waals surface area (Å²) in [5.74, 6) is 0. The Morgan fingerprint density at radius 3 is 2.04 bits per heavy atom. The summed E-state index contributed by atoms with van der Waals surface area (Å²) in [6.45, 7) is 16.0. The Morgan fingerprint density at radius 2 is 1.62 bits per heavy atom. The van der Waals surface area contributed by atoms with E-state index in [0.717, 1.165) is 39.3 Å². The van der Waals surface area contributed by atoms with Gasteiger partial charge in [-0.05, 0) is 48.1 Å². The van der Waals surface area contributed by atoms with Crippen molar-refractivity contribution in [1.29, 1.82) is 5.26 Å². The Morgan fingerprint density at radius 1 is 1.00 bits per heavy atom. The molecule has 150 valence electrons. The number of hydrogen-bond acceptors (Lipinski definition) is 6. The minimum absolute atomic E-state index is 0.0984. The maximum atomic E-state index is 9.28. The Hall–Kier alpha value is -0.710. The second kappa shape index (κ2) is 8.12. The third-order valence-corrected chi connectivity index (χ3v) is 5.06. The van der Waals surface area contributed by atoms with Crippen LogP contribution in [0, 0.1) is 22.2 Å². The molecule has 0 amide bonds. The van der Waals surface area contributed by atoms with Crippen LogP contribution in [0.25, 0.3) is 0 Å². The smallest absolute Gasteiger partial charge is 0.127 e. The lowest BCUT2D eigenvalue weighted by atomic mass is 9.86. The van der Waals surface area contributed by atoms with Crippen LogP contribution in [-0.4, -0.2) is 75.9 Å². The number of hydrogen-bond donors (Lipinski definition) is 0. The standard InChI is InChI=1S/C20H36N2O4/c1-17(2,3)25-16-20(13-24-14-20)10-22(6)8-7-18(4,5)26-15-19(9-21)11-23-12-19/h7-8,10-16H2,1-6H3. The molecule has 2 aliphatic rings. The lowest BCUT2D eigenvalue weighted by Crippen LogP contribution is -2.54. The summed E-state index contributed by atoms with van der Waals surface area (Å²) >= 11 is 0. The number of nitrogens with zero attached hydrogens (tertiary/aromatic N) is 2. The monoisotopic (exact) mass is 368 g/mol. The van der Waals surface area contributed by atoms with E-state index in [1.165, 1.54) is 0 Å². The Labute approximate surface area is 158 Å². The van der Waals surface area contributed by atoms with Crippen LogP contribution < -0.4 is 0 Å². The fraction of sp³-hybridized carbons (Fsp3) is 0.950. The average Bonchev–Trinajstić information content (AvgIpc) is 2.46. The van der Waals surface area contributed by atoms with Gasteiger partial charge in [-0.15, -0.1) is 0 Å². The van der Waals surface area contributed by atoms with Crippen molar-refractivity contribution in [2.75, 3.05) is 59.8 Å². The molecule has 2 rings (SSSR count). The van der Waals surface area contributed by atoms with Gasteiger partial charge in [-0.3, -0.25) is 0 Å². The summed E-state index contributed by atoms with van der Waals surface area (Å²) in [7, 11) is 2.14. The van der Waals surface area contributed by atoms with Crippen molar-refractivity contribution >= 4 is 0 Å². The first-order valence-electron chi connectivity index (χ1n) is 9.52. The summed E-state index contributed by atoms with van der Waals surface area (Å²) in [4.78, 5) is 2.34. The Balaban J connectivity index is 1.74. The minimum Gasteiger partial charge on any atom is -0.380 e. The summed E-state index contributed by atoms with van der Waals surface area (Å²) in [5, 5.41) is 9.28. The van der Waals surface area contributed by atoms with Gasteiger partial charge in [-0.1, -0.05) is 0 Å². The van der Waals surface area contributed by atoms with Crippen LogP contribution in [0.15, 0.2) is 0 Å². The second-order valence-corrected chi connectivity index (χ2v) is 9.81. The average molecular weight is 369 g/mol. The first-order chi connectivity index (χ1) is 12.0. The molecule has 0 unspecified atom stereocenters. The molecule has 0 saturated carbocycles. The van der Waals surface area contributed by atoms with Crippen LogP contribution in [0.1, 0.15) is 41.0 Å². The molecule has 6 heteroatoms. The topological polar surface area (TPSA) is 64.0 Å². The number of ether oxygens (including phenoxy) is 4. The molecule has 0 bridgehead atoms. The van der Waals surface area contributed by atoms with Crippen LogP contribution in [0.4, 0.5) is 0 Å². The minimum atomic E-state index is -0.444. The first-order valence-corrected chi connectivity index (χ1v) is 9.52. The highest BCUT2D eigenvalue weighted by molar-refractivity contribution is 5.04. The van der Waals surface area contributed by atoms with Crippen LogP contribution in [0.3, 0.4) is 0 Å². The Bertz CT molecular complexity index is 499. The zero-order valence-corrected chi connectivity index (χ0v) is 17.4. The van der Waals surface area contributed by atoms with Gasteiger partial charge in [-0.25, -0.2) is 0 Å². The molecule has 2 saturated heterocycles. The molecule has 0 aromatic carbocycles. The fourth-order valence-electron chi connectivity index (χ4n) is 3.03. The van der Waals surface area contributed by atoms with Gasteiger partial charge < -0.3 is 23.8 Å². The molecule has 2 aliphatic heterocycles. The summed E-state index contributed by atoms with van der Waals surface area (Å²) in [6.07, 6.45) is 0.906. The van der Waals surface area contributed by atoms with E-state index in [1.54, 1.807) is 0 Å². The summed E-state index contributed by atoms with van der Waals surface area (Å²) in [5.41, 5.74) is -0.736. The van der Waals surface area contributed by atoms with Crippen molar-refractivity contribution in [3.8, 4) is 6.07 Å². The second-order valence-electron chi connectivity index (χ2n) is 9.81. The van der Waals surface area contributed by atoms with E-state index in [4.69, 9.17) is 18.9 Å². The largest absolute Gasteiger partial charge is 0.380 e. The zero-order chi connectivity index (χ0) is 19.5. The highest BCUT2D eigenvalue weighted by Crippen LogP contribution is 2.32. The van der Waals surface area contributed by atoms with Crippen LogP contribution in [0.2, 0.25) is 0 Å². The zero-order valence-electron chi connectivity index (χ0n) is 17.4. The molecule has 6 nitrogen and oxygen atoms in total. The van der Waals surface area contributed by atoms with Gasteiger partial charge in [0.05, 0.1) is 62.3 Å². The van der Waals surface area contributed by atoms with Gasteiger partial charge in [-0.2, -0.15) is 5.26 Å². The van der Waals surface area contributed by atoms with E-state index in [2.05, 4.69) is 52.6 Å². The molecule has 0 aromatic heterocycles. The number of nitriles is 1. The molecule has 0 spiro atoms. The predicted molar refractivity (Wildman–Crippen MR) is 100.0 cm³/mol. The first kappa shape index (κ1) is 21.6. The molecule has 0 aromatic rings. The van der Waals surface area contributed by atoms with Gasteiger partial charge in [0.15, 0.2) is 0 Å². The van der Waals surface area contributed by atoms with Crippen molar-refractivity contribution in [1.82, 2.24) is 4.90 Å². The van der Waals surface area contributed by atoms with E-state index in [9.17, 15) is 5.26 Å². The fourth-order valence-corrected chi connectivity index (χ4v) is 3.03. The van der Waals surface area contributed by atoms with Crippen LogP contribution in [-0.2, 0) is 18.9 Å². The maximum Gasteiger partial charge on any atom is 0.127 e. The van der Waals surface area contributed by atoms with E-state index in [-0.39, 0.29) is 16.6 Å². The molecule has 2 fully saturated rings. The SMILES string of the molecule is CN(CCC(C)(C)OCC1(C#N)COC1)CC1(COC(C)(C)C)COC1. The highest BCUT2D eigenvalue weighted by Gasteiger charge is 2.42. The van der Waals surface area contributed by atoms with Gasteiger partial charge in [0.1, 0.15) is 5.41 Å². The van der Waals surface area contributed by atoms with Gasteiger partial charge >= 0.3 is 0 Å². The summed E-state index contributed by atoms with van der Waals surface area (Å²) < 4.78 is 22.7. The van der Waals surface area contributed by atoms with Crippen LogP contribution >= 0.6 is 0 Å². The van der Waals surface area contributed by atoms with Crippen molar-refractivity contribution in [3.05, 3.63) is 0 Å². The molecule has 26 heavy (non-hydrogen) atoms. The molecular formula is C20H36N2O4. The molecule has 0 N–H and O–H groups in total. The lowest BCUT2D eigenvalue weighted by molar-refractivity contribution is -0.178. The predicted octanol–water partition coefficient (Wildman–Crippen LogP) is 2.48. The molecule has 2 heterocycles. The van der Waals surface area contributed by atoms with E-state index in [1.807, 2.05) is 0 Å². The van der Waals surface area contributed by atoms with Crippen LogP contribution in [0.5, 0.6) is 0 Å². The van der Waals surface area contributed by atoms with E-state index < -0.39 is 5.41 Å². The van der Waals surface area contributed by atoms with Crippen molar-refractivity contribution in [2.45, 2.75) is 52.2 Å². The maximum absolute atomic E-state index is 9.28. The van der Waals surface area contributed by atoms with E-state index in [0.29, 0.717) is 19.8 Å². The third-order valence-electron chi connectivity index (χ3n) is 5.06. The molecule has 0 aliphatic carbocycles. The highest BCUT2D eigenvalue weighted by atomic mass is 16.5. The van der Waals surface area contributed by atoms with Crippen molar-refractivity contribution in [3.63, 3.8) is 0 Å². The molecular weight excluding hydrogens is 332 g/mol. The lowest BCUT2D eigenvalue weighted by Gasteiger charge is -2.45. The van der Waals surface area contributed by atoms with Gasteiger partial charge in [0.25, 0.3) is 0 Å².